The van der Waals surface area contributed by atoms with Crippen LogP contribution >= 0.6 is 95.9 Å². The molecule has 7 heterocycles. The van der Waals surface area contributed by atoms with Gasteiger partial charge in [0.2, 0.25) is 0 Å². The molecule has 7 rings (SSSR count). The summed E-state index contributed by atoms with van der Waals surface area (Å²) >= 11 is 25.5. The molecule has 53 heavy (non-hydrogen) atoms. The number of aromatic amines is 1. The molecule has 7 aromatic heterocycles. The standard InChI is InChI=1S/C7H9NO2S.C6H3ClN2S.C6H4N2OS.C6H4N2S.C4H10O3.CH4.Cl3OP/c1-2-10-7(9)6-5(8)3-4-11-6;7-6-5-4(1-2-10-5)8-3-9-6;9-6-5-4(1-2-10-5)7-3-8-6;1-2-9-6-3-7-4-8-5(1)6;1-5-4(6-2)7-3;;1-5(2,3)4/h3-4H,2,8H2,1H3;1-3H;1-3H,(H,7,8,9);1-4H;4H,1-3H3;1H4;. The molecule has 0 aliphatic carbocycles. The van der Waals surface area contributed by atoms with E-state index in [0.717, 1.165) is 25.9 Å². The van der Waals surface area contributed by atoms with Crippen LogP contribution < -0.4 is 11.3 Å². The molecule has 288 valence electrons. The highest BCUT2D eigenvalue weighted by Crippen LogP contribution is 2.61. The number of nitrogens with zero attached hydrogens (tertiary/aromatic N) is 5. The minimum absolute atomic E-state index is 0. The lowest BCUT2D eigenvalue weighted by Gasteiger charge is -2.08. The van der Waals surface area contributed by atoms with Gasteiger partial charge in [0.15, 0.2) is 0 Å². The van der Waals surface area contributed by atoms with Crippen molar-refractivity contribution in [2.24, 2.45) is 0 Å². The number of halogens is 4. The van der Waals surface area contributed by atoms with Gasteiger partial charge in [-0.25, -0.2) is 29.7 Å². The minimum atomic E-state index is -3.22. The Hall–Kier alpha value is -2.84. The Labute approximate surface area is 339 Å². The first kappa shape index (κ1) is 48.2. The minimum Gasteiger partial charge on any atom is -0.462 e. The number of H-pyrrole nitrogens is 1. The van der Waals surface area contributed by atoms with Gasteiger partial charge >= 0.3 is 11.2 Å². The number of thiophene rings is 4. The summed E-state index contributed by atoms with van der Waals surface area (Å²) in [6, 6.07) is 7.43. The summed E-state index contributed by atoms with van der Waals surface area (Å²) in [6.45, 7) is 1.64. The van der Waals surface area contributed by atoms with E-state index in [-0.39, 0.29) is 19.0 Å². The van der Waals surface area contributed by atoms with E-state index in [0.29, 0.717) is 27.0 Å². The van der Waals surface area contributed by atoms with Crippen LogP contribution in [0, 0.1) is 0 Å². The number of anilines is 1. The van der Waals surface area contributed by atoms with Crippen LogP contribution in [-0.4, -0.2) is 70.3 Å². The molecule has 0 saturated carbocycles. The number of nitrogens with one attached hydrogen (secondary N) is 1. The Kier molecular flexibility index (Phi) is 23.7. The number of fused-ring (bicyclic) bond motifs is 3. The zero-order chi connectivity index (χ0) is 38.5. The van der Waals surface area contributed by atoms with Crippen molar-refractivity contribution in [2.45, 2.75) is 20.8 Å². The molecule has 0 saturated heterocycles. The van der Waals surface area contributed by atoms with Crippen LogP contribution in [0.2, 0.25) is 5.15 Å². The molecule has 14 nitrogen and oxygen atoms in total. The lowest BCUT2D eigenvalue weighted by Crippen LogP contribution is -2.14. The summed E-state index contributed by atoms with van der Waals surface area (Å²) in [6.07, 6.45) is 6.27. The van der Waals surface area contributed by atoms with Crippen LogP contribution in [0.1, 0.15) is 24.0 Å². The molecule has 0 fully saturated rings. The third-order valence-electron chi connectivity index (χ3n) is 5.31. The number of rotatable bonds is 5. The lowest BCUT2D eigenvalue weighted by molar-refractivity contribution is -0.252. The first-order valence-electron chi connectivity index (χ1n) is 14.0. The molecular weight excluding hydrogens is 871 g/mol. The molecule has 0 radical (unpaired) electrons. The van der Waals surface area contributed by atoms with E-state index >= 15 is 0 Å². The summed E-state index contributed by atoms with van der Waals surface area (Å²) in [4.78, 5) is 44.7. The van der Waals surface area contributed by atoms with Gasteiger partial charge in [0.25, 0.3) is 12.0 Å². The highest BCUT2D eigenvalue weighted by Gasteiger charge is 2.11. The number of aromatic nitrogens is 6. The molecular formula is C30H34Cl4N7O7PS4. The van der Waals surface area contributed by atoms with E-state index in [4.69, 9.17) is 22.1 Å². The number of ether oxygens (including phenoxy) is 4. The molecule has 3 N–H and O–H groups in total. The summed E-state index contributed by atoms with van der Waals surface area (Å²) in [5.41, 5.74) is 8.65. The van der Waals surface area contributed by atoms with Gasteiger partial charge in [0.1, 0.15) is 27.4 Å². The molecule has 23 heteroatoms. The van der Waals surface area contributed by atoms with Crippen LogP contribution in [0.5, 0.6) is 0 Å². The zero-order valence-corrected chi connectivity index (χ0v) is 34.7. The number of methoxy groups -OCH3 is 3. The zero-order valence-electron chi connectivity index (χ0n) is 27.5. The highest BCUT2D eigenvalue weighted by atomic mass is 36.0. The van der Waals surface area contributed by atoms with Crippen LogP contribution in [0.4, 0.5) is 5.69 Å². The first-order chi connectivity index (χ1) is 24.8. The largest absolute Gasteiger partial charge is 0.462 e. The number of esters is 1. The maximum Gasteiger partial charge on any atom is 0.350 e. The molecule has 0 aliphatic heterocycles. The molecule has 0 bridgehead atoms. The molecule has 0 aromatic carbocycles. The normalized spacial score (nSPS) is 10.1. The molecule has 0 spiro atoms. The average Bonchev–Trinajstić information content (AvgIpc) is 3.94. The van der Waals surface area contributed by atoms with Gasteiger partial charge in [-0.05, 0) is 86.4 Å². The fraction of sp³-hybridized carbons (Fsp3) is 0.233. The van der Waals surface area contributed by atoms with Crippen LogP contribution in [-0.2, 0) is 23.5 Å². The Morgan fingerprint density at radius 3 is 1.91 bits per heavy atom. The number of hydrogen-bond donors (Lipinski definition) is 2. The number of hydrogen-bond acceptors (Lipinski definition) is 17. The average molecular weight is 906 g/mol. The van der Waals surface area contributed by atoms with E-state index < -0.39 is 11.7 Å². The Bertz CT molecular complexity index is 2130. The van der Waals surface area contributed by atoms with Crippen molar-refractivity contribution in [2.75, 3.05) is 33.7 Å². The van der Waals surface area contributed by atoms with Gasteiger partial charge in [-0.1, -0.05) is 19.0 Å². The topological polar surface area (TPSA) is 194 Å². The Morgan fingerprint density at radius 2 is 1.40 bits per heavy atom. The van der Waals surface area contributed by atoms with Crippen molar-refractivity contribution >= 4 is 138 Å². The van der Waals surface area contributed by atoms with Crippen molar-refractivity contribution in [1.29, 1.82) is 0 Å². The van der Waals surface area contributed by atoms with Gasteiger partial charge < -0.3 is 29.7 Å². The van der Waals surface area contributed by atoms with Crippen molar-refractivity contribution < 1.29 is 28.3 Å². The second-order valence-electron chi connectivity index (χ2n) is 8.68. The maximum atomic E-state index is 11.0. The Morgan fingerprint density at radius 1 is 0.849 bits per heavy atom. The quantitative estimate of drug-likeness (QED) is 0.0718. The summed E-state index contributed by atoms with van der Waals surface area (Å²) in [5.74, 6) is -0.333. The fourth-order valence-corrected chi connectivity index (χ4v) is 6.40. The molecule has 0 unspecified atom stereocenters. The van der Waals surface area contributed by atoms with Crippen LogP contribution in [0.3, 0.4) is 0 Å². The van der Waals surface area contributed by atoms with Crippen LogP contribution in [0.15, 0.2) is 75.8 Å². The maximum absolute atomic E-state index is 11.0. The summed E-state index contributed by atoms with van der Waals surface area (Å²) in [7, 11) is 4.53. The van der Waals surface area contributed by atoms with Crippen molar-refractivity contribution in [3.05, 3.63) is 91.3 Å². The van der Waals surface area contributed by atoms with E-state index in [1.165, 1.54) is 56.7 Å². The van der Waals surface area contributed by atoms with E-state index in [9.17, 15) is 14.2 Å². The molecule has 0 amide bonds. The monoisotopic (exact) mass is 903 g/mol. The lowest BCUT2D eigenvalue weighted by atomic mass is 10.4. The van der Waals surface area contributed by atoms with Crippen molar-refractivity contribution in [3.8, 4) is 0 Å². The van der Waals surface area contributed by atoms with Crippen molar-refractivity contribution in [3.63, 3.8) is 0 Å². The second kappa shape index (κ2) is 26.0. The first-order valence-corrected chi connectivity index (χ1v) is 22.3. The summed E-state index contributed by atoms with van der Waals surface area (Å²) in [5, 5.41) is 4.90. The molecule has 0 atom stereocenters. The van der Waals surface area contributed by atoms with E-state index in [2.05, 4.69) is 77.8 Å². The van der Waals surface area contributed by atoms with Gasteiger partial charge in [0, 0.05) is 27.5 Å². The SMILES string of the molecule is C.CCOC(=O)c1sccc1N.COC(OC)OC.Clc1ncnc2ccsc12.O=P(Cl)(Cl)Cl.O=c1[nH]cnc2ccsc12.c1ncc2sccc2n1. The second-order valence-corrected chi connectivity index (χ2v) is 19.4. The van der Waals surface area contributed by atoms with Crippen LogP contribution in [0.25, 0.3) is 30.6 Å². The van der Waals surface area contributed by atoms with Crippen molar-refractivity contribution in [1.82, 2.24) is 29.9 Å². The predicted molar refractivity (Wildman–Crippen MR) is 221 cm³/mol. The third-order valence-corrected chi connectivity index (χ3v) is 9.27. The number of nitrogens with two attached hydrogens (primary N) is 1. The number of carbonyl (C=O) groups excluding carboxylic acids is 1. The third kappa shape index (κ3) is 18.4. The van der Waals surface area contributed by atoms with Gasteiger partial charge in [0.05, 0.1) is 44.6 Å². The molecule has 0 aliphatic rings. The predicted octanol–water partition coefficient (Wildman–Crippen LogP) is 10.2. The van der Waals surface area contributed by atoms with Gasteiger partial charge in [-0.15, -0.1) is 45.3 Å². The van der Waals surface area contributed by atoms with E-state index in [1.807, 2.05) is 40.5 Å². The smallest absolute Gasteiger partial charge is 0.350 e. The van der Waals surface area contributed by atoms with Gasteiger partial charge in [-0.3, -0.25) is 9.36 Å². The van der Waals surface area contributed by atoms with Gasteiger partial charge in [-0.2, -0.15) is 0 Å². The Balaban J connectivity index is 0.000000322. The fourth-order valence-electron chi connectivity index (χ4n) is 3.24. The number of nitrogen functional groups attached to an aromatic ring is 1. The molecule has 7 aromatic rings. The number of carbonyl (C=O) groups is 1. The van der Waals surface area contributed by atoms with E-state index in [1.54, 1.807) is 47.4 Å². The summed E-state index contributed by atoms with van der Waals surface area (Å²) < 4.78 is 30.9. The highest BCUT2D eigenvalue weighted by molar-refractivity contribution is 8.24.